The third-order valence-corrected chi connectivity index (χ3v) is 5.68. The van der Waals surface area contributed by atoms with Gasteiger partial charge in [0.25, 0.3) is 0 Å². The van der Waals surface area contributed by atoms with Crippen LogP contribution in [-0.2, 0) is 11.3 Å². The minimum absolute atomic E-state index is 0.0610. The van der Waals surface area contributed by atoms with Gasteiger partial charge in [-0.2, -0.15) is 13.2 Å². The zero-order chi connectivity index (χ0) is 20.6. The van der Waals surface area contributed by atoms with Crippen molar-refractivity contribution in [3.8, 4) is 0 Å². The Bertz CT molecular complexity index is 1060. The second-order valence-corrected chi connectivity index (χ2v) is 7.62. The first-order chi connectivity index (χ1) is 13.8. The molecule has 1 aromatic heterocycles. The fraction of sp³-hybridized carbons (Fsp3) is 0.364. The van der Waals surface area contributed by atoms with Crippen molar-refractivity contribution < 1.29 is 18.0 Å². The number of alkyl halides is 3. The number of pyridine rings is 1. The van der Waals surface area contributed by atoms with E-state index in [1.54, 1.807) is 53.1 Å². The molecular weight excluding hydrogens is 381 g/mol. The van der Waals surface area contributed by atoms with E-state index in [1.807, 2.05) is 0 Å². The largest absolute Gasteiger partial charge is 0.391 e. The number of fused-ring (bicyclic) bond motifs is 2. The monoisotopic (exact) mass is 402 g/mol. The number of hydrogen-bond acceptors (Lipinski definition) is 2. The van der Waals surface area contributed by atoms with Crippen LogP contribution in [0.5, 0.6) is 0 Å². The molecule has 1 aliphatic rings. The van der Waals surface area contributed by atoms with E-state index >= 15 is 0 Å². The molecule has 152 valence electrons. The van der Waals surface area contributed by atoms with Crippen LogP contribution in [0.25, 0.3) is 21.8 Å². The molecule has 0 bridgehead atoms. The van der Waals surface area contributed by atoms with Crippen LogP contribution < -0.4 is 10.7 Å². The Morgan fingerprint density at radius 3 is 2.17 bits per heavy atom. The van der Waals surface area contributed by atoms with E-state index in [0.717, 1.165) is 0 Å². The smallest absolute Gasteiger partial charge is 0.352 e. The van der Waals surface area contributed by atoms with Crippen molar-refractivity contribution in [2.75, 3.05) is 0 Å². The van der Waals surface area contributed by atoms with Gasteiger partial charge in [-0.3, -0.25) is 9.59 Å². The van der Waals surface area contributed by atoms with E-state index in [2.05, 4.69) is 5.32 Å². The molecule has 1 fully saturated rings. The molecule has 1 amide bonds. The molecule has 1 heterocycles. The minimum atomic E-state index is -4.23. The third kappa shape index (κ3) is 3.86. The molecule has 7 heteroatoms. The van der Waals surface area contributed by atoms with E-state index in [4.69, 9.17) is 0 Å². The lowest BCUT2D eigenvalue weighted by molar-refractivity contribution is -0.184. The second kappa shape index (κ2) is 7.54. The summed E-state index contributed by atoms with van der Waals surface area (Å²) in [5, 5.41) is 3.79. The van der Waals surface area contributed by atoms with Crippen LogP contribution >= 0.6 is 0 Å². The third-order valence-electron chi connectivity index (χ3n) is 5.68. The van der Waals surface area contributed by atoms with Crippen molar-refractivity contribution in [2.45, 2.75) is 44.4 Å². The molecule has 3 aromatic rings. The zero-order valence-electron chi connectivity index (χ0n) is 15.7. The quantitative estimate of drug-likeness (QED) is 0.661. The molecule has 2 aromatic carbocycles. The Morgan fingerprint density at radius 2 is 1.59 bits per heavy atom. The number of halogens is 3. The van der Waals surface area contributed by atoms with E-state index in [-0.39, 0.29) is 30.7 Å². The number of benzene rings is 2. The zero-order valence-corrected chi connectivity index (χ0v) is 15.7. The normalized spacial score (nSPS) is 20.1. The second-order valence-electron chi connectivity index (χ2n) is 7.62. The summed E-state index contributed by atoms with van der Waals surface area (Å²) in [5.41, 5.74) is 1.15. The number of aromatic nitrogens is 1. The number of carbonyl (C=O) groups excluding carboxylic acids is 1. The standard InChI is InChI=1S/C22H21F3N2O2/c23-22(24,25)14-6-5-7-15(12-14)26-20(28)13-27-18-10-3-1-8-16(18)21(29)17-9-2-4-11-19(17)27/h1-4,8-11,14-15H,5-7,12-13H2,(H,26,28). The van der Waals surface area contributed by atoms with Gasteiger partial charge in [-0.1, -0.05) is 30.7 Å². The number of hydrogen-bond donors (Lipinski definition) is 1. The lowest BCUT2D eigenvalue weighted by atomic mass is 9.85. The number of rotatable bonds is 3. The lowest BCUT2D eigenvalue weighted by Gasteiger charge is -2.31. The first-order valence-electron chi connectivity index (χ1n) is 9.71. The van der Waals surface area contributed by atoms with Gasteiger partial charge in [-0.15, -0.1) is 0 Å². The minimum Gasteiger partial charge on any atom is -0.352 e. The van der Waals surface area contributed by atoms with Crippen LogP contribution in [0, 0.1) is 5.92 Å². The SMILES string of the molecule is O=C(Cn1c2ccccc2c(=O)c2ccccc21)NC1CCCC(C(F)(F)F)C1. The summed E-state index contributed by atoms with van der Waals surface area (Å²) >= 11 is 0. The van der Waals surface area contributed by atoms with Gasteiger partial charge < -0.3 is 9.88 Å². The van der Waals surface area contributed by atoms with Crippen LogP contribution in [0.4, 0.5) is 13.2 Å². The van der Waals surface area contributed by atoms with Crippen LogP contribution in [0.3, 0.4) is 0 Å². The van der Waals surface area contributed by atoms with Gasteiger partial charge >= 0.3 is 6.18 Å². The predicted octanol–water partition coefficient (Wildman–Crippen LogP) is 4.39. The molecule has 0 saturated heterocycles. The van der Waals surface area contributed by atoms with Crippen LogP contribution in [-0.4, -0.2) is 22.7 Å². The highest BCUT2D eigenvalue weighted by molar-refractivity contribution is 5.94. The topological polar surface area (TPSA) is 51.1 Å². The molecule has 1 saturated carbocycles. The van der Waals surface area contributed by atoms with Gasteiger partial charge in [0.05, 0.1) is 17.0 Å². The summed E-state index contributed by atoms with van der Waals surface area (Å²) in [6.07, 6.45) is -3.21. The van der Waals surface area contributed by atoms with E-state index in [1.165, 1.54) is 0 Å². The molecule has 0 radical (unpaired) electrons. The Kier molecular flexibility index (Phi) is 5.06. The number of para-hydroxylation sites is 2. The fourth-order valence-electron chi connectivity index (χ4n) is 4.28. The summed E-state index contributed by atoms with van der Waals surface area (Å²) in [7, 11) is 0. The Morgan fingerprint density at radius 1 is 1.00 bits per heavy atom. The Balaban J connectivity index is 1.63. The van der Waals surface area contributed by atoms with Gasteiger partial charge in [0, 0.05) is 16.8 Å². The predicted molar refractivity (Wildman–Crippen MR) is 106 cm³/mol. The van der Waals surface area contributed by atoms with E-state index in [9.17, 15) is 22.8 Å². The molecule has 0 aliphatic heterocycles. The molecule has 2 atom stereocenters. The van der Waals surface area contributed by atoms with Gasteiger partial charge in [0.1, 0.15) is 6.54 Å². The van der Waals surface area contributed by atoms with Crippen molar-refractivity contribution in [3.63, 3.8) is 0 Å². The first kappa shape index (κ1) is 19.5. The summed E-state index contributed by atoms with van der Waals surface area (Å²) in [4.78, 5) is 25.5. The van der Waals surface area contributed by atoms with Crippen molar-refractivity contribution in [2.24, 2.45) is 5.92 Å². The highest BCUT2D eigenvalue weighted by Gasteiger charge is 2.42. The van der Waals surface area contributed by atoms with Gasteiger partial charge in [0.15, 0.2) is 5.43 Å². The van der Waals surface area contributed by atoms with Crippen LogP contribution in [0.15, 0.2) is 53.3 Å². The molecule has 4 nitrogen and oxygen atoms in total. The molecule has 2 unspecified atom stereocenters. The first-order valence-corrected chi connectivity index (χ1v) is 9.71. The van der Waals surface area contributed by atoms with Crippen LogP contribution in [0.1, 0.15) is 25.7 Å². The maximum absolute atomic E-state index is 13.0. The summed E-state index contributed by atoms with van der Waals surface area (Å²) in [5.74, 6) is -1.72. The molecular formula is C22H21F3N2O2. The maximum atomic E-state index is 13.0. The molecule has 1 N–H and O–H groups in total. The molecule has 4 rings (SSSR count). The Hall–Kier alpha value is -2.83. The van der Waals surface area contributed by atoms with Gasteiger partial charge in [-0.25, -0.2) is 0 Å². The highest BCUT2D eigenvalue weighted by atomic mass is 19.4. The highest BCUT2D eigenvalue weighted by Crippen LogP contribution is 2.37. The number of nitrogens with zero attached hydrogens (tertiary/aromatic N) is 1. The van der Waals surface area contributed by atoms with Crippen molar-refractivity contribution in [3.05, 3.63) is 58.8 Å². The van der Waals surface area contributed by atoms with Crippen molar-refractivity contribution in [1.29, 1.82) is 0 Å². The number of amides is 1. The van der Waals surface area contributed by atoms with Gasteiger partial charge in [0.2, 0.25) is 5.91 Å². The average Bonchev–Trinajstić information content (AvgIpc) is 2.71. The van der Waals surface area contributed by atoms with Crippen molar-refractivity contribution in [1.82, 2.24) is 9.88 Å². The lowest BCUT2D eigenvalue weighted by Crippen LogP contribution is -2.42. The number of nitrogens with one attached hydrogen (secondary N) is 1. The van der Waals surface area contributed by atoms with E-state index < -0.39 is 18.1 Å². The van der Waals surface area contributed by atoms with Gasteiger partial charge in [-0.05, 0) is 43.5 Å². The van der Waals surface area contributed by atoms with Crippen molar-refractivity contribution >= 4 is 27.7 Å². The Labute approximate surface area is 165 Å². The van der Waals surface area contributed by atoms with E-state index in [0.29, 0.717) is 34.6 Å². The maximum Gasteiger partial charge on any atom is 0.391 e. The van der Waals surface area contributed by atoms with Crippen LogP contribution in [0.2, 0.25) is 0 Å². The number of carbonyl (C=O) groups is 1. The summed E-state index contributed by atoms with van der Waals surface area (Å²) < 4.78 is 40.9. The average molecular weight is 402 g/mol. The molecule has 29 heavy (non-hydrogen) atoms. The molecule has 1 aliphatic carbocycles. The molecule has 0 spiro atoms. The fourth-order valence-corrected chi connectivity index (χ4v) is 4.28. The summed E-state index contributed by atoms with van der Waals surface area (Å²) in [6.45, 7) is -0.0610. The summed E-state index contributed by atoms with van der Waals surface area (Å²) in [6, 6.07) is 13.6.